The van der Waals surface area contributed by atoms with Gasteiger partial charge >= 0.3 is 12.4 Å². The summed E-state index contributed by atoms with van der Waals surface area (Å²) in [5, 5.41) is 7.32. The summed E-state index contributed by atoms with van der Waals surface area (Å²) in [6.07, 6.45) is -6.49. The zero-order valence-electron chi connectivity index (χ0n) is 21.6. The molecule has 1 fully saturated rings. The van der Waals surface area contributed by atoms with Gasteiger partial charge in [0.25, 0.3) is 0 Å². The van der Waals surface area contributed by atoms with Crippen molar-refractivity contribution in [1.29, 1.82) is 5.26 Å². The van der Waals surface area contributed by atoms with Crippen molar-refractivity contribution in [2.24, 2.45) is 11.8 Å². The molecule has 8 heteroatoms. The predicted octanol–water partition coefficient (Wildman–Crippen LogP) is 8.34. The molecule has 204 valence electrons. The van der Waals surface area contributed by atoms with Crippen LogP contribution < -0.4 is 0 Å². The Hall–Kier alpha value is -2.53. The number of rotatable bonds is 10. The summed E-state index contributed by atoms with van der Waals surface area (Å²) in [5.74, 6) is -5.79. The summed E-state index contributed by atoms with van der Waals surface area (Å²) in [4.78, 5) is 2.46. The summed E-state index contributed by atoms with van der Waals surface area (Å²) >= 11 is 0. The number of hydrogen-bond acceptors (Lipinski definition) is 2. The molecule has 4 unspecified atom stereocenters. The Labute approximate surface area is 216 Å². The Bertz CT molecular complexity index is 963. The fourth-order valence-electron chi connectivity index (χ4n) is 5.04. The zero-order chi connectivity index (χ0) is 27.6. The summed E-state index contributed by atoms with van der Waals surface area (Å²) in [5.41, 5.74) is 2.63. The van der Waals surface area contributed by atoms with Crippen LogP contribution in [0.4, 0.5) is 26.3 Å². The number of benzene rings is 2. The van der Waals surface area contributed by atoms with Crippen molar-refractivity contribution in [3.05, 3.63) is 71.3 Å². The first-order valence-electron chi connectivity index (χ1n) is 12.7. The molecule has 3 rings (SSSR count). The van der Waals surface area contributed by atoms with Crippen LogP contribution in [0.2, 0.25) is 0 Å². The quantitative estimate of drug-likeness (QED) is 0.291. The van der Waals surface area contributed by atoms with Crippen molar-refractivity contribution in [2.75, 3.05) is 13.1 Å². The molecule has 0 bridgehead atoms. The van der Waals surface area contributed by atoms with Crippen molar-refractivity contribution in [1.82, 2.24) is 4.90 Å². The van der Waals surface area contributed by atoms with Crippen LogP contribution in [0.5, 0.6) is 0 Å². The minimum Gasteiger partial charge on any atom is -0.300 e. The molecule has 2 aromatic carbocycles. The van der Waals surface area contributed by atoms with Gasteiger partial charge < -0.3 is 4.90 Å². The average molecular weight is 527 g/mol. The number of aryl methyl sites for hydroxylation is 1. The first-order chi connectivity index (χ1) is 17.4. The average Bonchev–Trinajstić information content (AvgIpc) is 2.79. The third kappa shape index (κ3) is 9.07. The summed E-state index contributed by atoms with van der Waals surface area (Å²) in [7, 11) is 0. The number of alkyl halides is 6. The van der Waals surface area contributed by atoms with Crippen molar-refractivity contribution in [3.63, 3.8) is 0 Å². The molecule has 0 aliphatic heterocycles. The second kappa shape index (κ2) is 13.9. The molecule has 0 spiro atoms. The molecule has 2 aromatic rings. The smallest absolute Gasteiger partial charge is 0.300 e. The predicted molar refractivity (Wildman–Crippen MR) is 134 cm³/mol. The molecule has 0 aromatic heterocycles. The van der Waals surface area contributed by atoms with E-state index in [1.54, 1.807) is 30.3 Å². The maximum absolute atomic E-state index is 13.3. The fraction of sp³-hybridized carbons (Fsp3) is 0.552. The molecule has 0 saturated heterocycles. The summed E-state index contributed by atoms with van der Waals surface area (Å²) < 4.78 is 78.9. The van der Waals surface area contributed by atoms with Crippen LogP contribution in [0.1, 0.15) is 62.6 Å². The van der Waals surface area contributed by atoms with Crippen molar-refractivity contribution >= 4 is 0 Å². The maximum atomic E-state index is 13.3. The van der Waals surface area contributed by atoms with Crippen LogP contribution >= 0.6 is 0 Å². The Morgan fingerprint density at radius 2 is 1.46 bits per heavy atom. The number of hydrogen-bond donors (Lipinski definition) is 0. The molecular weight excluding hydrogens is 490 g/mol. The van der Waals surface area contributed by atoms with E-state index < -0.39 is 36.5 Å². The van der Waals surface area contributed by atoms with E-state index in [4.69, 9.17) is 5.26 Å². The van der Waals surface area contributed by atoms with Crippen LogP contribution in [0, 0.1) is 23.2 Å². The first-order valence-corrected chi connectivity index (χ1v) is 12.7. The Morgan fingerprint density at radius 1 is 0.892 bits per heavy atom. The van der Waals surface area contributed by atoms with Crippen LogP contribution in [-0.4, -0.2) is 36.4 Å². The van der Waals surface area contributed by atoms with E-state index in [1.807, 2.05) is 18.2 Å². The zero-order valence-corrected chi connectivity index (χ0v) is 21.6. The Morgan fingerprint density at radius 3 is 1.97 bits per heavy atom. The van der Waals surface area contributed by atoms with Crippen molar-refractivity contribution in [2.45, 2.75) is 77.2 Å². The minimum absolute atomic E-state index is 0.343. The van der Waals surface area contributed by atoms with Gasteiger partial charge in [0.1, 0.15) is 0 Å². The van der Waals surface area contributed by atoms with Gasteiger partial charge in [-0.3, -0.25) is 0 Å². The van der Waals surface area contributed by atoms with E-state index in [0.29, 0.717) is 11.6 Å². The maximum Gasteiger partial charge on any atom is 0.393 e. The van der Waals surface area contributed by atoms with Gasteiger partial charge in [0.05, 0.1) is 17.9 Å². The van der Waals surface area contributed by atoms with Gasteiger partial charge in [-0.2, -0.15) is 31.6 Å². The normalized spacial score (nSPS) is 20.4. The highest BCUT2D eigenvalue weighted by Gasteiger charge is 2.64. The molecule has 37 heavy (non-hydrogen) atoms. The number of halogens is 6. The largest absolute Gasteiger partial charge is 0.393 e. The minimum atomic E-state index is -4.86. The fourth-order valence-corrected chi connectivity index (χ4v) is 5.04. The molecule has 4 atom stereocenters. The van der Waals surface area contributed by atoms with Gasteiger partial charge in [0.15, 0.2) is 0 Å². The second-order valence-corrected chi connectivity index (χ2v) is 9.68. The standard InChI is InChI=1S/C27H33F6N.C2H3N/c1-3-16-34(17-15-20-7-5-4-6-8-20)19(2)9-10-21-11-13-22(14-12-21)23-18-24(26(28,29)30)25(23)27(31,32)33;1-2-3/h4-8,11-14,19,23-25H,3,9-10,15-18H2,1-2H3;1H3. The summed E-state index contributed by atoms with van der Waals surface area (Å²) in [6.45, 7) is 7.72. The lowest BCUT2D eigenvalue weighted by Crippen LogP contribution is -2.51. The number of nitriles is 1. The first kappa shape index (κ1) is 30.7. The van der Waals surface area contributed by atoms with E-state index >= 15 is 0 Å². The van der Waals surface area contributed by atoms with Gasteiger partial charge in [0.2, 0.25) is 0 Å². The van der Waals surface area contributed by atoms with Crippen LogP contribution in [0.3, 0.4) is 0 Å². The topological polar surface area (TPSA) is 27.0 Å². The molecule has 0 N–H and O–H groups in total. The third-order valence-corrected chi connectivity index (χ3v) is 7.10. The molecule has 1 aliphatic carbocycles. The lowest BCUT2D eigenvalue weighted by molar-refractivity contribution is -0.292. The lowest BCUT2D eigenvalue weighted by Gasteiger charge is -2.46. The van der Waals surface area contributed by atoms with Crippen LogP contribution in [0.15, 0.2) is 54.6 Å². The van der Waals surface area contributed by atoms with Gasteiger partial charge in [-0.1, -0.05) is 61.5 Å². The van der Waals surface area contributed by atoms with E-state index in [2.05, 4.69) is 30.9 Å². The second-order valence-electron chi connectivity index (χ2n) is 9.68. The monoisotopic (exact) mass is 526 g/mol. The lowest BCUT2D eigenvalue weighted by atomic mass is 9.61. The molecule has 1 saturated carbocycles. The van der Waals surface area contributed by atoms with E-state index in [9.17, 15) is 26.3 Å². The Kier molecular flexibility index (Phi) is 11.5. The molecule has 0 amide bonds. The van der Waals surface area contributed by atoms with Crippen molar-refractivity contribution in [3.8, 4) is 6.07 Å². The highest BCUT2D eigenvalue weighted by Crippen LogP contribution is 2.59. The summed E-state index contributed by atoms with van der Waals surface area (Å²) in [6, 6.07) is 19.1. The van der Waals surface area contributed by atoms with Gasteiger partial charge in [0, 0.05) is 19.5 Å². The van der Waals surface area contributed by atoms with Gasteiger partial charge in [-0.15, -0.1) is 0 Å². The molecule has 1 aliphatic rings. The van der Waals surface area contributed by atoms with E-state index in [-0.39, 0.29) is 0 Å². The third-order valence-electron chi connectivity index (χ3n) is 7.10. The molecule has 0 heterocycles. The molecule has 2 nitrogen and oxygen atoms in total. The van der Waals surface area contributed by atoms with Crippen LogP contribution in [0.25, 0.3) is 0 Å². The van der Waals surface area contributed by atoms with Gasteiger partial charge in [-0.05, 0) is 68.2 Å². The number of nitrogens with zero attached hydrogens (tertiary/aromatic N) is 2. The highest BCUT2D eigenvalue weighted by molar-refractivity contribution is 5.29. The Balaban J connectivity index is 0.00000153. The van der Waals surface area contributed by atoms with E-state index in [1.165, 1.54) is 12.5 Å². The highest BCUT2D eigenvalue weighted by atomic mass is 19.4. The van der Waals surface area contributed by atoms with E-state index in [0.717, 1.165) is 44.3 Å². The SMILES string of the molecule is CC#N.CCCN(CCc1ccccc1)C(C)CCc1ccc(C2CC(C(F)(F)F)C2C(F)(F)F)cc1. The molecular formula is C29H36F6N2. The van der Waals surface area contributed by atoms with Crippen molar-refractivity contribution < 1.29 is 26.3 Å². The molecule has 0 radical (unpaired) electrons. The van der Waals surface area contributed by atoms with Crippen LogP contribution in [-0.2, 0) is 12.8 Å². The van der Waals surface area contributed by atoms with Gasteiger partial charge in [-0.25, -0.2) is 0 Å².